The molecular formula is C10H19ClN4O2S. The summed E-state index contributed by atoms with van der Waals surface area (Å²) in [6.07, 6.45) is 0. The molecule has 0 bridgehead atoms. The quantitative estimate of drug-likeness (QED) is 0.829. The van der Waals surface area contributed by atoms with Crippen LogP contribution in [-0.4, -0.2) is 48.6 Å². The predicted molar refractivity (Wildman–Crippen MR) is 71.5 cm³/mol. The molecule has 1 aliphatic heterocycles. The Bertz CT molecular complexity index is 494. The van der Waals surface area contributed by atoms with E-state index in [1.807, 2.05) is 6.92 Å². The fourth-order valence-electron chi connectivity index (χ4n) is 2.22. The Hall–Kier alpha value is -0.630. The summed E-state index contributed by atoms with van der Waals surface area (Å²) >= 11 is 0. The monoisotopic (exact) mass is 294 g/mol. The zero-order valence-corrected chi connectivity index (χ0v) is 12.4. The van der Waals surface area contributed by atoms with Gasteiger partial charge in [-0.25, -0.2) is 8.42 Å². The second-order valence-electron chi connectivity index (χ2n) is 4.43. The summed E-state index contributed by atoms with van der Waals surface area (Å²) < 4.78 is 26.6. The van der Waals surface area contributed by atoms with Gasteiger partial charge in [0, 0.05) is 25.7 Å². The summed E-state index contributed by atoms with van der Waals surface area (Å²) in [5.74, 6) is 0. The molecule has 0 radical (unpaired) electrons. The zero-order valence-electron chi connectivity index (χ0n) is 10.7. The van der Waals surface area contributed by atoms with E-state index in [1.54, 1.807) is 18.2 Å². The standard InChI is InChI=1S/C10H18N4O2S.ClH/c1-7-6-11-4-5-14(7)17(15,16)10-8(2)12-13-9(10)3;/h7,11H,4-6H2,1-3H3,(H,12,13);1H/t7-;/m0./s1. The molecular weight excluding hydrogens is 276 g/mol. The van der Waals surface area contributed by atoms with Gasteiger partial charge in [0.1, 0.15) is 4.90 Å². The lowest BCUT2D eigenvalue weighted by atomic mass is 10.3. The van der Waals surface area contributed by atoms with Gasteiger partial charge in [-0.15, -0.1) is 12.4 Å². The van der Waals surface area contributed by atoms with E-state index in [0.29, 0.717) is 35.9 Å². The summed E-state index contributed by atoms with van der Waals surface area (Å²) in [4.78, 5) is 0.325. The minimum atomic E-state index is -3.43. The molecule has 0 aliphatic carbocycles. The van der Waals surface area contributed by atoms with Gasteiger partial charge >= 0.3 is 0 Å². The molecule has 0 aromatic carbocycles. The van der Waals surface area contributed by atoms with E-state index < -0.39 is 10.0 Å². The van der Waals surface area contributed by atoms with Crippen LogP contribution < -0.4 is 5.32 Å². The number of hydrogen-bond acceptors (Lipinski definition) is 4. The Balaban J connectivity index is 0.00000162. The molecule has 0 spiro atoms. The van der Waals surface area contributed by atoms with Crippen molar-refractivity contribution in [2.75, 3.05) is 19.6 Å². The van der Waals surface area contributed by atoms with Crippen LogP contribution in [0.3, 0.4) is 0 Å². The molecule has 2 heterocycles. The number of hydrogen-bond donors (Lipinski definition) is 2. The number of nitrogens with one attached hydrogen (secondary N) is 2. The molecule has 0 saturated carbocycles. The van der Waals surface area contributed by atoms with Crippen molar-refractivity contribution in [1.29, 1.82) is 0 Å². The van der Waals surface area contributed by atoms with Crippen LogP contribution >= 0.6 is 12.4 Å². The van der Waals surface area contributed by atoms with E-state index >= 15 is 0 Å². The van der Waals surface area contributed by atoms with Crippen molar-refractivity contribution in [3.05, 3.63) is 11.4 Å². The molecule has 1 aromatic heterocycles. The molecule has 0 unspecified atom stereocenters. The predicted octanol–water partition coefficient (Wildman–Crippen LogP) is 0.431. The van der Waals surface area contributed by atoms with Gasteiger partial charge in [0.05, 0.1) is 11.4 Å². The number of aromatic amines is 1. The number of piperazine rings is 1. The number of H-pyrrole nitrogens is 1. The second kappa shape index (κ2) is 5.56. The Morgan fingerprint density at radius 2 is 2.06 bits per heavy atom. The molecule has 1 saturated heterocycles. The highest BCUT2D eigenvalue weighted by Gasteiger charge is 2.34. The SMILES string of the molecule is Cc1n[nH]c(C)c1S(=O)(=O)N1CCNC[C@@H]1C.Cl. The highest BCUT2D eigenvalue weighted by atomic mass is 35.5. The number of sulfonamides is 1. The fourth-order valence-corrected chi connectivity index (χ4v) is 4.18. The van der Waals surface area contributed by atoms with Gasteiger partial charge < -0.3 is 5.32 Å². The lowest BCUT2D eigenvalue weighted by Crippen LogP contribution is -2.52. The summed E-state index contributed by atoms with van der Waals surface area (Å²) in [5, 5.41) is 9.86. The van der Waals surface area contributed by atoms with Crippen LogP contribution in [0.4, 0.5) is 0 Å². The molecule has 18 heavy (non-hydrogen) atoms. The first-order chi connectivity index (χ1) is 7.94. The van der Waals surface area contributed by atoms with Gasteiger partial charge in [-0.3, -0.25) is 5.10 Å². The molecule has 2 rings (SSSR count). The van der Waals surface area contributed by atoms with Crippen molar-refractivity contribution in [2.45, 2.75) is 31.7 Å². The zero-order chi connectivity index (χ0) is 12.6. The minimum Gasteiger partial charge on any atom is -0.314 e. The van der Waals surface area contributed by atoms with Crippen molar-refractivity contribution < 1.29 is 8.42 Å². The summed E-state index contributed by atoms with van der Waals surface area (Å²) in [7, 11) is -3.43. The average Bonchev–Trinajstić information content (AvgIpc) is 2.59. The van der Waals surface area contributed by atoms with Crippen molar-refractivity contribution >= 4 is 22.4 Å². The lowest BCUT2D eigenvalue weighted by molar-refractivity contribution is 0.283. The van der Waals surface area contributed by atoms with Gasteiger partial charge in [0.2, 0.25) is 10.0 Å². The van der Waals surface area contributed by atoms with E-state index in [1.165, 1.54) is 0 Å². The average molecular weight is 295 g/mol. The third-order valence-electron chi connectivity index (χ3n) is 3.07. The lowest BCUT2D eigenvalue weighted by Gasteiger charge is -2.32. The van der Waals surface area contributed by atoms with Crippen LogP contribution in [0.5, 0.6) is 0 Å². The van der Waals surface area contributed by atoms with Gasteiger partial charge in [-0.05, 0) is 20.8 Å². The van der Waals surface area contributed by atoms with E-state index in [-0.39, 0.29) is 18.4 Å². The Morgan fingerprint density at radius 1 is 1.39 bits per heavy atom. The van der Waals surface area contributed by atoms with Crippen LogP contribution in [0, 0.1) is 13.8 Å². The third kappa shape index (κ3) is 2.54. The van der Waals surface area contributed by atoms with Crippen molar-refractivity contribution in [3.8, 4) is 0 Å². The fraction of sp³-hybridized carbons (Fsp3) is 0.700. The Kier molecular flexibility index (Phi) is 4.77. The van der Waals surface area contributed by atoms with Crippen LogP contribution in [0.2, 0.25) is 0 Å². The number of halogens is 1. The number of aromatic nitrogens is 2. The molecule has 1 atom stereocenters. The number of rotatable bonds is 2. The topological polar surface area (TPSA) is 78.1 Å². The Labute approximate surface area is 114 Å². The van der Waals surface area contributed by atoms with Crippen molar-refractivity contribution in [2.24, 2.45) is 0 Å². The first-order valence-corrected chi connectivity index (χ1v) is 7.12. The Morgan fingerprint density at radius 3 is 2.56 bits per heavy atom. The van der Waals surface area contributed by atoms with Gasteiger partial charge in [-0.1, -0.05) is 0 Å². The molecule has 0 amide bonds. The van der Waals surface area contributed by atoms with Crippen molar-refractivity contribution in [1.82, 2.24) is 19.8 Å². The van der Waals surface area contributed by atoms with E-state index in [9.17, 15) is 8.42 Å². The first-order valence-electron chi connectivity index (χ1n) is 5.68. The van der Waals surface area contributed by atoms with Crippen molar-refractivity contribution in [3.63, 3.8) is 0 Å². The number of aryl methyl sites for hydroxylation is 2. The van der Waals surface area contributed by atoms with Gasteiger partial charge in [0.25, 0.3) is 0 Å². The maximum Gasteiger partial charge on any atom is 0.247 e. The molecule has 1 aromatic rings. The smallest absolute Gasteiger partial charge is 0.247 e. The van der Waals surface area contributed by atoms with Crippen LogP contribution in [0.1, 0.15) is 18.3 Å². The molecule has 8 heteroatoms. The maximum absolute atomic E-state index is 12.5. The van der Waals surface area contributed by atoms with Gasteiger partial charge in [-0.2, -0.15) is 9.40 Å². The molecule has 2 N–H and O–H groups in total. The normalized spacial score (nSPS) is 21.6. The molecule has 1 aliphatic rings. The largest absolute Gasteiger partial charge is 0.314 e. The maximum atomic E-state index is 12.5. The van der Waals surface area contributed by atoms with Crippen LogP contribution in [0.15, 0.2) is 4.90 Å². The first kappa shape index (κ1) is 15.4. The van der Waals surface area contributed by atoms with E-state index in [0.717, 1.165) is 0 Å². The second-order valence-corrected chi connectivity index (χ2v) is 6.26. The van der Waals surface area contributed by atoms with Crippen LogP contribution in [0.25, 0.3) is 0 Å². The van der Waals surface area contributed by atoms with E-state index in [2.05, 4.69) is 15.5 Å². The summed E-state index contributed by atoms with van der Waals surface area (Å²) in [6, 6.07) is -0.0255. The van der Waals surface area contributed by atoms with Crippen LogP contribution in [-0.2, 0) is 10.0 Å². The minimum absolute atomic E-state index is 0. The van der Waals surface area contributed by atoms with E-state index in [4.69, 9.17) is 0 Å². The molecule has 1 fully saturated rings. The summed E-state index contributed by atoms with van der Waals surface area (Å²) in [6.45, 7) is 7.25. The third-order valence-corrected chi connectivity index (χ3v) is 5.34. The molecule has 6 nitrogen and oxygen atoms in total. The number of nitrogens with zero attached hydrogens (tertiary/aromatic N) is 2. The highest BCUT2D eigenvalue weighted by molar-refractivity contribution is 7.89. The summed E-state index contributed by atoms with van der Waals surface area (Å²) in [5.41, 5.74) is 1.14. The highest BCUT2D eigenvalue weighted by Crippen LogP contribution is 2.23. The molecule has 104 valence electrons. The van der Waals surface area contributed by atoms with Gasteiger partial charge in [0.15, 0.2) is 0 Å².